The Morgan fingerprint density at radius 2 is 0.919 bits per heavy atom. The molecule has 37 heavy (non-hydrogen) atoms. The minimum Gasteiger partial charge on any atom is 0.0623 e. The van der Waals surface area contributed by atoms with Crippen molar-refractivity contribution < 1.29 is 28.8 Å². The van der Waals surface area contributed by atoms with Gasteiger partial charge in [-0.3, -0.25) is 0 Å². The van der Waals surface area contributed by atoms with E-state index in [2.05, 4.69) is 15.0 Å². The molecular formula is C33H21N3Te. The van der Waals surface area contributed by atoms with Crippen molar-refractivity contribution in [2.24, 2.45) is 0 Å². The number of fused-ring (bicyclic) bond motifs is 3. The first-order chi connectivity index (χ1) is 27.1. The summed E-state index contributed by atoms with van der Waals surface area (Å²) in [5, 5.41) is -0.0818. The summed E-state index contributed by atoms with van der Waals surface area (Å²) in [4.78, 5) is 12.6. The normalized spacial score (nSPS) is 19.2. The van der Waals surface area contributed by atoms with Crippen LogP contribution in [0.2, 0.25) is 0 Å². The van der Waals surface area contributed by atoms with Crippen LogP contribution < -0.4 is 0 Å². The SMILES string of the molecule is [2H]c1c([2H])c([2H])c(-c2nc(-c3c([2H])c([2H])c([2H])c([2H])c3[2H])nc(-c3c([2H])c([2H])c([2H])c(-c4c([2H])c([2H])c5c([te]c6c([2H])c([2H])c([2H])c([2H])c65)c4[2H])c3[2H])n2)c([2H])c1[2H]. The van der Waals surface area contributed by atoms with Crippen LogP contribution in [-0.4, -0.2) is 35.4 Å². The third-order valence-corrected chi connectivity index (χ3v) is 7.98. The molecular weight excluding hydrogens is 566 g/mol. The van der Waals surface area contributed by atoms with Crippen molar-refractivity contribution in [1.29, 1.82) is 0 Å². The molecule has 0 bridgehead atoms. The van der Waals surface area contributed by atoms with Crippen LogP contribution in [0, 0.1) is 0 Å². The van der Waals surface area contributed by atoms with Crippen molar-refractivity contribution >= 4 is 38.0 Å². The Morgan fingerprint density at radius 1 is 0.405 bits per heavy atom. The van der Waals surface area contributed by atoms with Gasteiger partial charge in [-0.1, -0.05) is 12.1 Å². The summed E-state index contributed by atoms with van der Waals surface area (Å²) in [5.41, 5.74) is -3.08. The van der Waals surface area contributed by atoms with E-state index >= 15 is 0 Å². The van der Waals surface area contributed by atoms with Crippen LogP contribution in [0.25, 0.3) is 62.9 Å². The van der Waals surface area contributed by atoms with Gasteiger partial charge in [-0.15, -0.1) is 0 Å². The molecule has 0 unspecified atom stereocenters. The summed E-state index contributed by atoms with van der Waals surface area (Å²) in [6.07, 6.45) is 0. The molecule has 7 aromatic rings. The van der Waals surface area contributed by atoms with E-state index in [9.17, 15) is 2.74 Å². The van der Waals surface area contributed by atoms with Crippen molar-refractivity contribution in [2.75, 3.05) is 0 Å². The Kier molecular flexibility index (Phi) is 2.37. The smallest absolute Gasteiger partial charge is 0.0623 e. The Hall–Kier alpha value is -4.10. The van der Waals surface area contributed by atoms with Crippen LogP contribution >= 0.6 is 0 Å². The van der Waals surface area contributed by atoms with E-state index < -0.39 is 187 Å². The van der Waals surface area contributed by atoms with E-state index in [0.717, 1.165) is 0 Å². The first kappa shape index (κ1) is 9.33. The number of rotatable bonds is 4. The maximum absolute atomic E-state index is 9.36. The molecule has 3 nitrogen and oxygen atoms in total. The Labute approximate surface area is 254 Å². The second kappa shape index (κ2) is 9.41. The molecule has 7 rings (SSSR count). The maximum atomic E-state index is 9.36. The van der Waals surface area contributed by atoms with Gasteiger partial charge in [-0.05, 0) is 0 Å². The van der Waals surface area contributed by atoms with Crippen molar-refractivity contribution in [3.8, 4) is 45.3 Å². The van der Waals surface area contributed by atoms with Crippen LogP contribution in [0.15, 0.2) is 127 Å². The van der Waals surface area contributed by atoms with Gasteiger partial charge in [0.2, 0.25) is 0 Å². The molecule has 0 spiro atoms. The number of aromatic nitrogens is 3. The third-order valence-electron chi connectivity index (χ3n) is 5.07. The van der Waals surface area contributed by atoms with Crippen LogP contribution in [0.4, 0.5) is 0 Å². The van der Waals surface area contributed by atoms with E-state index in [1.807, 2.05) is 0 Å². The van der Waals surface area contributed by atoms with Crippen molar-refractivity contribution in [3.63, 3.8) is 0 Å². The van der Waals surface area contributed by atoms with E-state index in [0.29, 0.717) is 0 Å². The molecule has 0 aliphatic carbocycles. The predicted molar refractivity (Wildman–Crippen MR) is 154 cm³/mol. The molecule has 0 radical (unpaired) electrons. The zero-order valence-corrected chi connectivity index (χ0v) is 20.6. The molecule has 0 saturated carbocycles. The molecule has 0 saturated heterocycles. The zero-order chi connectivity index (χ0) is 42.9. The molecule has 0 fully saturated rings. The fourth-order valence-corrected chi connectivity index (χ4v) is 6.21. The van der Waals surface area contributed by atoms with Gasteiger partial charge in [-0.2, -0.15) is 0 Å². The Morgan fingerprint density at radius 3 is 1.62 bits per heavy atom. The minimum absolute atomic E-state index is 0.0203. The van der Waals surface area contributed by atoms with Crippen LogP contribution in [0.1, 0.15) is 28.8 Å². The average Bonchev–Trinajstić information content (AvgIpc) is 3.60. The summed E-state index contributed by atoms with van der Waals surface area (Å²) in [7, 11) is 0. The van der Waals surface area contributed by atoms with E-state index in [1.165, 1.54) is 0 Å². The first-order valence-electron chi connectivity index (χ1n) is 21.0. The van der Waals surface area contributed by atoms with Crippen molar-refractivity contribution in [2.45, 2.75) is 0 Å². The second-order valence-corrected chi connectivity index (χ2v) is 10.2. The predicted octanol–water partition coefficient (Wildman–Crippen LogP) is 7.90. The van der Waals surface area contributed by atoms with Crippen LogP contribution in [0.3, 0.4) is 0 Å². The standard InChI is InChI=1S/C33H21N3Te/c1-3-10-22(11-4-1)31-34-32(23-12-5-2-6-13-23)36-33(35-31)26-15-9-14-24(20-26)25-18-19-28-27-16-7-8-17-29(27)37-30(28)21-25/h1-21H/i1D,2D,3D,4D,5D,6D,7D,8D,9D,10D,11D,12D,13D,14D,15D,16D,17D,18D,19D,20D,21D. The molecule has 0 aliphatic heterocycles. The number of nitrogens with zero attached hydrogens (tertiary/aromatic N) is 3. The molecule has 4 heteroatoms. The summed E-state index contributed by atoms with van der Waals surface area (Å²) >= 11 is -1.84. The third kappa shape index (κ3) is 4.25. The minimum atomic E-state index is -1.84. The van der Waals surface area contributed by atoms with Gasteiger partial charge in [-0.25, -0.2) is 0 Å². The van der Waals surface area contributed by atoms with Gasteiger partial charge >= 0.3 is 234 Å². The van der Waals surface area contributed by atoms with Crippen LogP contribution in [-0.2, 0) is 0 Å². The molecule has 2 heterocycles. The summed E-state index contributed by atoms with van der Waals surface area (Å²) < 4.78 is 180. The monoisotopic (exact) mass is 610 g/mol. The van der Waals surface area contributed by atoms with E-state index in [1.54, 1.807) is 0 Å². The quantitative estimate of drug-likeness (QED) is 0.191. The van der Waals surface area contributed by atoms with E-state index in [-0.39, 0.29) is 23.6 Å². The first-order valence-corrected chi connectivity index (χ1v) is 12.8. The topological polar surface area (TPSA) is 38.7 Å². The van der Waals surface area contributed by atoms with Gasteiger partial charge in [0, 0.05) is 0 Å². The molecule has 0 amide bonds. The van der Waals surface area contributed by atoms with Gasteiger partial charge in [0.1, 0.15) is 0 Å². The fraction of sp³-hybridized carbons (Fsp3) is 0. The average molecular weight is 608 g/mol. The number of hydrogen-bond acceptors (Lipinski definition) is 3. The van der Waals surface area contributed by atoms with Crippen LogP contribution in [0.5, 0.6) is 0 Å². The van der Waals surface area contributed by atoms with Crippen molar-refractivity contribution in [1.82, 2.24) is 15.0 Å². The molecule has 5 aromatic carbocycles. The van der Waals surface area contributed by atoms with Gasteiger partial charge in [0.05, 0.1) is 8.22 Å². The molecule has 174 valence electrons. The van der Waals surface area contributed by atoms with Gasteiger partial charge in [0.25, 0.3) is 0 Å². The number of benzene rings is 5. The number of hydrogen-bond donors (Lipinski definition) is 0. The molecule has 0 aliphatic rings. The Balaban J connectivity index is 1.62. The fourth-order valence-electron chi connectivity index (χ4n) is 3.44. The van der Waals surface area contributed by atoms with E-state index in [4.69, 9.17) is 26.0 Å². The molecule has 0 N–H and O–H groups in total. The molecule has 2 aromatic heterocycles. The summed E-state index contributed by atoms with van der Waals surface area (Å²) in [6.45, 7) is 0. The molecule has 0 atom stereocenters. The second-order valence-electron chi connectivity index (χ2n) is 7.32. The zero-order valence-electron chi connectivity index (χ0n) is 39.2. The van der Waals surface area contributed by atoms with Gasteiger partial charge in [0.15, 0.2) is 0 Å². The Bertz CT molecular complexity index is 2890. The summed E-state index contributed by atoms with van der Waals surface area (Å²) in [6, 6.07) is -15.3. The van der Waals surface area contributed by atoms with Gasteiger partial charge < -0.3 is 0 Å². The summed E-state index contributed by atoms with van der Waals surface area (Å²) in [5.74, 6) is -2.19. The van der Waals surface area contributed by atoms with Crippen molar-refractivity contribution in [3.05, 3.63) is 127 Å².